The summed E-state index contributed by atoms with van der Waals surface area (Å²) in [5.41, 5.74) is 2.00. The van der Waals surface area contributed by atoms with E-state index in [2.05, 4.69) is 0 Å². The number of benzene rings is 1. The van der Waals surface area contributed by atoms with Gasteiger partial charge in [0, 0.05) is 24.1 Å². The van der Waals surface area contributed by atoms with Crippen LogP contribution in [-0.2, 0) is 19.5 Å². The molecule has 0 saturated heterocycles. The molecule has 0 aliphatic rings. The van der Waals surface area contributed by atoms with Gasteiger partial charge in [-0.25, -0.2) is 18.4 Å². The zero-order valence-electron chi connectivity index (χ0n) is 16.6. The number of aromatic nitrogens is 1. The van der Waals surface area contributed by atoms with Gasteiger partial charge in [0.05, 0.1) is 23.2 Å². The highest BCUT2D eigenvalue weighted by atomic mass is 35.5. The van der Waals surface area contributed by atoms with Crippen LogP contribution in [0.4, 0.5) is 0 Å². The Morgan fingerprint density at radius 3 is 2.48 bits per heavy atom. The third-order valence-electron chi connectivity index (χ3n) is 4.44. The Hall–Kier alpha value is -2.20. The molecule has 0 aliphatic heterocycles. The van der Waals surface area contributed by atoms with Crippen LogP contribution in [0.3, 0.4) is 0 Å². The number of halogens is 1. The van der Waals surface area contributed by atoms with Gasteiger partial charge in [0.2, 0.25) is 15.8 Å². The molecule has 0 amide bonds. The molecule has 2 rings (SSSR count). The number of nitrogens with zero attached hydrogens (tertiary/aromatic N) is 1. The van der Waals surface area contributed by atoms with Crippen molar-refractivity contribution in [3.63, 3.8) is 0 Å². The molecule has 1 heterocycles. The zero-order chi connectivity index (χ0) is 21.9. The van der Waals surface area contributed by atoms with Gasteiger partial charge in [0.25, 0.3) is 0 Å². The van der Waals surface area contributed by atoms with Crippen LogP contribution in [0.1, 0.15) is 45.1 Å². The molecule has 0 saturated carbocycles. The van der Waals surface area contributed by atoms with E-state index in [9.17, 15) is 18.0 Å². The molecule has 8 nitrogen and oxygen atoms in total. The number of esters is 1. The monoisotopic (exact) mass is 442 g/mol. The number of ketones is 1. The van der Waals surface area contributed by atoms with Gasteiger partial charge >= 0.3 is 5.97 Å². The van der Waals surface area contributed by atoms with E-state index in [1.165, 1.54) is 12.1 Å². The molecule has 29 heavy (non-hydrogen) atoms. The van der Waals surface area contributed by atoms with E-state index in [0.29, 0.717) is 12.2 Å². The number of nitrogens with two attached hydrogens (primary N) is 1. The Kier molecular flexibility index (Phi) is 7.23. The Labute approximate surface area is 174 Å². The molecule has 0 spiro atoms. The van der Waals surface area contributed by atoms with E-state index in [0.717, 1.165) is 17.5 Å². The molecule has 0 aliphatic carbocycles. The van der Waals surface area contributed by atoms with E-state index in [4.69, 9.17) is 26.2 Å². The maximum Gasteiger partial charge on any atom is 0.338 e. The van der Waals surface area contributed by atoms with Crippen LogP contribution in [0, 0.1) is 13.8 Å². The van der Waals surface area contributed by atoms with Gasteiger partial charge in [0.1, 0.15) is 4.90 Å². The second kappa shape index (κ2) is 9.08. The van der Waals surface area contributed by atoms with Crippen molar-refractivity contribution in [3.05, 3.63) is 51.8 Å². The summed E-state index contributed by atoms with van der Waals surface area (Å²) in [6, 6.07) is 5.31. The summed E-state index contributed by atoms with van der Waals surface area (Å²) in [6.45, 7) is 5.66. The van der Waals surface area contributed by atoms with Crippen molar-refractivity contribution in [3.8, 4) is 0 Å². The normalized spacial score (nSPS) is 12.6. The molecule has 10 heteroatoms. The van der Waals surface area contributed by atoms with Crippen LogP contribution >= 0.6 is 11.6 Å². The van der Waals surface area contributed by atoms with Crippen LogP contribution in [0.5, 0.6) is 0 Å². The van der Waals surface area contributed by atoms with E-state index < -0.39 is 27.5 Å². The van der Waals surface area contributed by atoms with Crippen molar-refractivity contribution in [2.75, 3.05) is 20.3 Å². The van der Waals surface area contributed by atoms with Gasteiger partial charge in [-0.1, -0.05) is 11.6 Å². The first-order valence-electron chi connectivity index (χ1n) is 8.67. The summed E-state index contributed by atoms with van der Waals surface area (Å²) >= 11 is 5.80. The first-order valence-corrected chi connectivity index (χ1v) is 10.6. The Bertz CT molecular complexity index is 1050. The highest BCUT2D eigenvalue weighted by molar-refractivity contribution is 7.89. The van der Waals surface area contributed by atoms with Crippen LogP contribution in [0.2, 0.25) is 5.02 Å². The second-order valence-electron chi connectivity index (χ2n) is 6.65. The van der Waals surface area contributed by atoms with Crippen molar-refractivity contribution in [2.24, 2.45) is 5.14 Å². The highest BCUT2D eigenvalue weighted by Gasteiger charge is 2.21. The third-order valence-corrected chi connectivity index (χ3v) is 5.83. The lowest BCUT2D eigenvalue weighted by Crippen LogP contribution is -2.18. The number of hydrogen-bond acceptors (Lipinski definition) is 6. The lowest BCUT2D eigenvalue weighted by molar-refractivity contribution is 0.0474. The number of carbonyl (C=O) groups excluding carboxylic acids is 2. The van der Waals surface area contributed by atoms with Gasteiger partial charge in [0.15, 0.2) is 6.61 Å². The van der Waals surface area contributed by atoms with Crippen LogP contribution in [-0.4, -0.2) is 45.1 Å². The number of Topliss-reactive ketones (excluding diaryl/α,β-unsaturated/α-hetero) is 1. The first kappa shape index (κ1) is 23.1. The standard InChI is InChI=1S/C19H23ClN2O6S/c1-11-7-15(13(3)22(11)12(2)9-27-4)17(23)10-28-19(24)14-5-6-16(20)18(8-14)29(21,25)26/h5-8,12H,9-10H2,1-4H3,(H2,21,25,26). The third kappa shape index (κ3) is 5.24. The molecule has 0 radical (unpaired) electrons. The summed E-state index contributed by atoms with van der Waals surface area (Å²) in [7, 11) is -2.50. The summed E-state index contributed by atoms with van der Waals surface area (Å²) in [6.07, 6.45) is 0. The molecule has 2 aromatic rings. The quantitative estimate of drug-likeness (QED) is 0.496. The number of methoxy groups -OCH3 is 1. The van der Waals surface area contributed by atoms with Gasteiger partial charge in [-0.15, -0.1) is 0 Å². The topological polar surface area (TPSA) is 118 Å². The summed E-state index contributed by atoms with van der Waals surface area (Å²) in [5, 5.41) is 4.96. The Morgan fingerprint density at radius 1 is 1.24 bits per heavy atom. The predicted molar refractivity (Wildman–Crippen MR) is 108 cm³/mol. The van der Waals surface area contributed by atoms with Gasteiger partial charge < -0.3 is 14.0 Å². The lowest BCUT2D eigenvalue weighted by atomic mass is 10.1. The number of ether oxygens (including phenoxy) is 2. The van der Waals surface area contributed by atoms with Crippen molar-refractivity contribution in [1.82, 2.24) is 4.57 Å². The lowest BCUT2D eigenvalue weighted by Gasteiger charge is -2.17. The average molecular weight is 443 g/mol. The number of primary sulfonamides is 1. The number of rotatable bonds is 8. The molecular weight excluding hydrogens is 420 g/mol. The fraction of sp³-hybridized carbons (Fsp3) is 0.368. The van der Waals surface area contributed by atoms with E-state index in [1.54, 1.807) is 13.2 Å². The molecular formula is C19H23ClN2O6S. The van der Waals surface area contributed by atoms with Gasteiger partial charge in [-0.2, -0.15) is 0 Å². The molecule has 1 unspecified atom stereocenters. The molecule has 158 valence electrons. The largest absolute Gasteiger partial charge is 0.454 e. The Balaban J connectivity index is 2.16. The summed E-state index contributed by atoms with van der Waals surface area (Å²) in [5.74, 6) is -1.23. The number of aryl methyl sites for hydroxylation is 1. The van der Waals surface area contributed by atoms with E-state index in [-0.39, 0.29) is 22.4 Å². The fourth-order valence-electron chi connectivity index (χ4n) is 3.19. The molecule has 0 fully saturated rings. The van der Waals surface area contributed by atoms with Gasteiger partial charge in [-0.05, 0) is 45.0 Å². The smallest absolute Gasteiger partial charge is 0.338 e. The van der Waals surface area contributed by atoms with Crippen LogP contribution in [0.15, 0.2) is 29.2 Å². The fourth-order valence-corrected chi connectivity index (χ4v) is 4.27. The summed E-state index contributed by atoms with van der Waals surface area (Å²) in [4.78, 5) is 24.4. The van der Waals surface area contributed by atoms with Crippen LogP contribution < -0.4 is 5.14 Å². The maximum absolute atomic E-state index is 12.6. The van der Waals surface area contributed by atoms with E-state index in [1.807, 2.05) is 25.3 Å². The zero-order valence-corrected chi connectivity index (χ0v) is 18.1. The molecule has 1 aromatic heterocycles. The minimum atomic E-state index is -4.10. The Morgan fingerprint density at radius 2 is 1.90 bits per heavy atom. The first-order chi connectivity index (χ1) is 13.5. The molecule has 1 atom stereocenters. The molecule has 0 bridgehead atoms. The van der Waals surface area contributed by atoms with Crippen molar-refractivity contribution in [2.45, 2.75) is 31.7 Å². The molecule has 2 N–H and O–H groups in total. The van der Waals surface area contributed by atoms with Crippen LogP contribution in [0.25, 0.3) is 0 Å². The number of carbonyl (C=O) groups is 2. The number of sulfonamides is 1. The number of hydrogen-bond donors (Lipinski definition) is 1. The van der Waals surface area contributed by atoms with Crippen molar-refractivity contribution in [1.29, 1.82) is 0 Å². The SMILES string of the molecule is COCC(C)n1c(C)cc(C(=O)COC(=O)c2ccc(Cl)c(S(N)(=O)=O)c2)c1C. The highest BCUT2D eigenvalue weighted by Crippen LogP contribution is 2.23. The molecule has 1 aromatic carbocycles. The van der Waals surface area contributed by atoms with Gasteiger partial charge in [-0.3, -0.25) is 4.79 Å². The minimum Gasteiger partial charge on any atom is -0.454 e. The minimum absolute atomic E-state index is 0.0369. The summed E-state index contributed by atoms with van der Waals surface area (Å²) < 4.78 is 35.3. The van der Waals surface area contributed by atoms with E-state index >= 15 is 0 Å². The van der Waals surface area contributed by atoms with Crippen molar-refractivity contribution < 1.29 is 27.5 Å². The second-order valence-corrected chi connectivity index (χ2v) is 8.59. The van der Waals surface area contributed by atoms with Crippen molar-refractivity contribution >= 4 is 33.4 Å². The maximum atomic E-state index is 12.6. The predicted octanol–water partition coefficient (Wildman–Crippen LogP) is 2.65. The average Bonchev–Trinajstić information content (AvgIpc) is 2.93.